The molecule has 2 aromatic rings. The number of carbonyl (C=O) groups excluding carboxylic acids is 1. The Morgan fingerprint density at radius 1 is 1.28 bits per heavy atom. The molecule has 5 nitrogen and oxygen atoms in total. The summed E-state index contributed by atoms with van der Waals surface area (Å²) in [5.41, 5.74) is 1.14. The van der Waals surface area contributed by atoms with Crippen LogP contribution < -0.4 is 10.2 Å². The van der Waals surface area contributed by atoms with E-state index in [1.54, 1.807) is 23.1 Å². The number of hydrogen-bond donors (Lipinski definition) is 1. The Morgan fingerprint density at radius 2 is 2.14 bits per heavy atom. The van der Waals surface area contributed by atoms with E-state index in [9.17, 15) is 4.79 Å². The van der Waals surface area contributed by atoms with Gasteiger partial charge < -0.3 is 15.1 Å². The number of nitrogens with one attached hydrogen (secondary N) is 1. The van der Waals surface area contributed by atoms with E-state index in [1.165, 1.54) is 32.1 Å². The normalized spacial score (nSPS) is 17.4. The van der Waals surface area contributed by atoms with Crippen LogP contribution in [0.2, 0.25) is 0 Å². The van der Waals surface area contributed by atoms with Crippen molar-refractivity contribution >= 4 is 39.7 Å². The minimum atomic E-state index is 0.0411. The molecule has 7 heteroatoms. The summed E-state index contributed by atoms with van der Waals surface area (Å²) >= 11 is 3.36. The number of anilines is 2. The molecule has 0 radical (unpaired) electrons. The number of thioether (sulfide) groups is 1. The molecule has 0 unspecified atom stereocenters. The minimum absolute atomic E-state index is 0.0411. The molecule has 156 valence electrons. The highest BCUT2D eigenvalue weighted by atomic mass is 32.2. The Balaban J connectivity index is 1.27. The van der Waals surface area contributed by atoms with Crippen molar-refractivity contribution in [1.82, 2.24) is 15.2 Å². The van der Waals surface area contributed by atoms with Crippen molar-refractivity contribution in [1.29, 1.82) is 0 Å². The van der Waals surface area contributed by atoms with E-state index < -0.39 is 0 Å². The van der Waals surface area contributed by atoms with Crippen LogP contribution in [0.15, 0.2) is 35.5 Å². The highest BCUT2D eigenvalue weighted by molar-refractivity contribution is 7.99. The van der Waals surface area contributed by atoms with Crippen molar-refractivity contribution in [3.05, 3.63) is 35.3 Å². The van der Waals surface area contributed by atoms with E-state index in [-0.39, 0.29) is 5.91 Å². The second-order valence-corrected chi connectivity index (χ2v) is 9.99. The largest absolute Gasteiger partial charge is 0.351 e. The third kappa shape index (κ3) is 5.13. The van der Waals surface area contributed by atoms with Gasteiger partial charge in [-0.15, -0.1) is 23.1 Å². The summed E-state index contributed by atoms with van der Waals surface area (Å²) in [6.07, 6.45) is 9.61. The summed E-state index contributed by atoms with van der Waals surface area (Å²) in [4.78, 5) is 22.6. The summed E-state index contributed by atoms with van der Waals surface area (Å²) in [7, 11) is 2.23. The van der Waals surface area contributed by atoms with Crippen LogP contribution in [0.5, 0.6) is 0 Å². The number of thiophene rings is 1. The molecule has 0 bridgehead atoms. The van der Waals surface area contributed by atoms with Gasteiger partial charge in [-0.3, -0.25) is 4.79 Å². The lowest BCUT2D eigenvalue weighted by molar-refractivity contribution is 0.0954. The van der Waals surface area contributed by atoms with E-state index in [0.717, 1.165) is 58.4 Å². The van der Waals surface area contributed by atoms with Gasteiger partial charge in [0.2, 0.25) is 0 Å². The fourth-order valence-electron chi connectivity index (χ4n) is 4.20. The van der Waals surface area contributed by atoms with Crippen molar-refractivity contribution in [3.63, 3.8) is 0 Å². The summed E-state index contributed by atoms with van der Waals surface area (Å²) in [5, 5.41) is 5.28. The first-order valence-corrected chi connectivity index (χ1v) is 12.5. The van der Waals surface area contributed by atoms with Gasteiger partial charge in [-0.05, 0) is 57.1 Å². The molecule has 0 saturated heterocycles. The quantitative estimate of drug-likeness (QED) is 0.641. The lowest BCUT2D eigenvalue weighted by atomic mass is 9.94. The smallest absolute Gasteiger partial charge is 0.261 e. The zero-order valence-electron chi connectivity index (χ0n) is 17.1. The molecule has 29 heavy (non-hydrogen) atoms. The fourth-order valence-corrected chi connectivity index (χ4v) is 6.09. The van der Waals surface area contributed by atoms with Crippen molar-refractivity contribution in [2.75, 3.05) is 37.3 Å². The summed E-state index contributed by atoms with van der Waals surface area (Å²) in [6, 6.07) is 8.82. The first-order valence-electron chi connectivity index (χ1n) is 10.7. The molecule has 2 aliphatic rings. The zero-order valence-corrected chi connectivity index (χ0v) is 18.7. The van der Waals surface area contributed by atoms with E-state index in [4.69, 9.17) is 0 Å². The van der Waals surface area contributed by atoms with Crippen LogP contribution in [-0.4, -0.2) is 54.3 Å². The monoisotopic (exact) mass is 430 g/mol. The molecule has 1 fully saturated rings. The van der Waals surface area contributed by atoms with Crippen LogP contribution in [0.3, 0.4) is 0 Å². The first-order chi connectivity index (χ1) is 14.2. The molecule has 0 spiro atoms. The molecule has 1 amide bonds. The number of aromatic nitrogens is 1. The van der Waals surface area contributed by atoms with Crippen molar-refractivity contribution in [2.24, 2.45) is 0 Å². The van der Waals surface area contributed by atoms with Crippen LogP contribution in [0.4, 0.5) is 10.7 Å². The van der Waals surface area contributed by atoms with Crippen LogP contribution in [0, 0.1) is 0 Å². The molecule has 4 rings (SSSR count). The number of rotatable bonds is 7. The molecule has 1 N–H and O–H groups in total. The summed E-state index contributed by atoms with van der Waals surface area (Å²) in [5.74, 6) is 1.05. The Hall–Kier alpha value is -1.57. The van der Waals surface area contributed by atoms with Gasteiger partial charge in [-0.1, -0.05) is 19.3 Å². The molecule has 1 saturated carbocycles. The molecule has 3 heterocycles. The number of pyridine rings is 1. The molecule has 1 aliphatic heterocycles. The molecule has 0 atom stereocenters. The zero-order chi connectivity index (χ0) is 20.1. The van der Waals surface area contributed by atoms with Gasteiger partial charge in [0.1, 0.15) is 5.03 Å². The average molecular weight is 431 g/mol. The minimum Gasteiger partial charge on any atom is -0.351 e. The maximum Gasteiger partial charge on any atom is 0.261 e. The number of amides is 1. The Kier molecular flexibility index (Phi) is 7.11. The number of nitrogens with zero attached hydrogens (tertiary/aromatic N) is 3. The van der Waals surface area contributed by atoms with Crippen LogP contribution in [0.25, 0.3) is 0 Å². The number of hydrogen-bond acceptors (Lipinski definition) is 6. The second-order valence-electron chi connectivity index (χ2n) is 7.85. The SMILES string of the molecule is CN(CCCNC(=O)c1ccc(N2CCSc3ncccc32)s1)C1CCCCC1. The van der Waals surface area contributed by atoms with Crippen molar-refractivity contribution < 1.29 is 4.79 Å². The number of carbonyl (C=O) groups is 1. The highest BCUT2D eigenvalue weighted by Gasteiger charge is 2.22. The maximum absolute atomic E-state index is 12.6. The first kappa shape index (κ1) is 20.7. The van der Waals surface area contributed by atoms with Gasteiger partial charge in [0.05, 0.1) is 15.6 Å². The fraction of sp³-hybridized carbons (Fsp3) is 0.545. The Labute approximate surface area is 181 Å². The van der Waals surface area contributed by atoms with Gasteiger partial charge in [0, 0.05) is 31.1 Å². The van der Waals surface area contributed by atoms with Gasteiger partial charge in [0.15, 0.2) is 0 Å². The van der Waals surface area contributed by atoms with Crippen molar-refractivity contribution in [2.45, 2.75) is 49.6 Å². The Bertz CT molecular complexity index is 819. The molecular formula is C22H30N4OS2. The van der Waals surface area contributed by atoms with E-state index in [2.05, 4.69) is 39.3 Å². The van der Waals surface area contributed by atoms with E-state index in [0.29, 0.717) is 0 Å². The predicted molar refractivity (Wildman–Crippen MR) is 123 cm³/mol. The summed E-state index contributed by atoms with van der Waals surface area (Å²) < 4.78 is 0. The van der Waals surface area contributed by atoms with Crippen LogP contribution in [0.1, 0.15) is 48.2 Å². The second kappa shape index (κ2) is 9.96. The van der Waals surface area contributed by atoms with E-state index >= 15 is 0 Å². The molecule has 1 aliphatic carbocycles. The maximum atomic E-state index is 12.6. The Morgan fingerprint density at radius 3 is 3.00 bits per heavy atom. The van der Waals surface area contributed by atoms with E-state index in [1.807, 2.05) is 18.3 Å². The van der Waals surface area contributed by atoms with Gasteiger partial charge in [-0.25, -0.2) is 4.98 Å². The lowest BCUT2D eigenvalue weighted by Gasteiger charge is -2.31. The molecular weight excluding hydrogens is 400 g/mol. The van der Waals surface area contributed by atoms with Crippen molar-refractivity contribution in [3.8, 4) is 0 Å². The predicted octanol–water partition coefficient (Wildman–Crippen LogP) is 4.77. The third-order valence-corrected chi connectivity index (χ3v) is 7.93. The van der Waals surface area contributed by atoms with Crippen LogP contribution >= 0.6 is 23.1 Å². The molecule has 0 aromatic carbocycles. The van der Waals surface area contributed by atoms with Gasteiger partial charge >= 0.3 is 0 Å². The molecule has 2 aromatic heterocycles. The lowest BCUT2D eigenvalue weighted by Crippen LogP contribution is -2.35. The van der Waals surface area contributed by atoms with Gasteiger partial charge in [0.25, 0.3) is 5.91 Å². The highest BCUT2D eigenvalue weighted by Crippen LogP contribution is 2.39. The van der Waals surface area contributed by atoms with Gasteiger partial charge in [-0.2, -0.15) is 0 Å². The topological polar surface area (TPSA) is 48.5 Å². The number of fused-ring (bicyclic) bond motifs is 1. The van der Waals surface area contributed by atoms with Crippen LogP contribution in [-0.2, 0) is 0 Å². The average Bonchev–Trinajstić information content (AvgIpc) is 3.27. The standard InChI is InChI=1S/C22H30N4OS2/c1-25(17-7-3-2-4-8-17)14-6-13-23-21(27)19-10-11-20(29-19)26-15-16-28-22-18(26)9-5-12-24-22/h5,9-12,17H,2-4,6-8,13-16H2,1H3,(H,23,27). The summed E-state index contributed by atoms with van der Waals surface area (Å²) in [6.45, 7) is 2.73. The third-order valence-electron chi connectivity index (χ3n) is 5.85.